The summed E-state index contributed by atoms with van der Waals surface area (Å²) in [7, 11) is 0. The van der Waals surface area contributed by atoms with Gasteiger partial charge in [0.2, 0.25) is 0 Å². The molecule has 0 aliphatic heterocycles. The van der Waals surface area contributed by atoms with E-state index in [-0.39, 0.29) is 0 Å². The molecule has 1 N–H and O–H groups in total. The van der Waals surface area contributed by atoms with Crippen molar-refractivity contribution in [3.63, 3.8) is 0 Å². The quantitative estimate of drug-likeness (QED) is 0.702. The Hall–Kier alpha value is -0.340. The molecule has 1 rings (SSSR count). The summed E-state index contributed by atoms with van der Waals surface area (Å²) in [5, 5.41) is 3.41. The summed E-state index contributed by atoms with van der Waals surface area (Å²) < 4.78 is 5.91. The molecule has 0 heterocycles. The van der Waals surface area contributed by atoms with E-state index in [0.29, 0.717) is 18.1 Å². The number of hydrogen-bond acceptors (Lipinski definition) is 2. The Balaban J connectivity index is 2.15. The molecule has 0 bridgehead atoms. The second kappa shape index (κ2) is 7.08. The molecule has 0 amide bonds. The van der Waals surface area contributed by atoms with Gasteiger partial charge in [-0.2, -0.15) is 0 Å². The minimum Gasteiger partial charge on any atom is -0.377 e. The normalized spacial score (nSPS) is 27.3. The maximum Gasteiger partial charge on any atom is 0.0671 e. The van der Waals surface area contributed by atoms with Crippen LogP contribution in [0.3, 0.4) is 0 Å². The van der Waals surface area contributed by atoms with E-state index in [1.165, 1.54) is 12.8 Å². The second-order valence-corrected chi connectivity index (χ2v) is 5.39. The van der Waals surface area contributed by atoms with Gasteiger partial charge in [-0.25, -0.2) is 0 Å². The predicted octanol–water partition coefficient (Wildman–Crippen LogP) is 2.99. The van der Waals surface area contributed by atoms with Gasteiger partial charge < -0.3 is 10.1 Å². The van der Waals surface area contributed by atoms with Crippen molar-refractivity contribution in [2.45, 2.75) is 52.7 Å². The fourth-order valence-electron chi connectivity index (χ4n) is 1.99. The van der Waals surface area contributed by atoms with Crippen LogP contribution in [0.25, 0.3) is 0 Å². The van der Waals surface area contributed by atoms with Crippen LogP contribution in [-0.4, -0.2) is 25.3 Å². The van der Waals surface area contributed by atoms with Gasteiger partial charge in [0.15, 0.2) is 0 Å². The van der Waals surface area contributed by atoms with E-state index in [9.17, 15) is 0 Å². The van der Waals surface area contributed by atoms with Gasteiger partial charge in [0, 0.05) is 12.6 Å². The molecule has 0 fully saturated rings. The zero-order valence-electron chi connectivity index (χ0n) is 11.2. The van der Waals surface area contributed by atoms with Crippen LogP contribution in [0.2, 0.25) is 0 Å². The van der Waals surface area contributed by atoms with E-state index >= 15 is 0 Å². The molecule has 0 saturated carbocycles. The van der Waals surface area contributed by atoms with Crippen LogP contribution in [-0.2, 0) is 4.74 Å². The molecule has 0 aromatic heterocycles. The molecule has 3 unspecified atom stereocenters. The van der Waals surface area contributed by atoms with Crippen molar-refractivity contribution in [1.82, 2.24) is 5.32 Å². The number of rotatable bonds is 6. The van der Waals surface area contributed by atoms with E-state index in [0.717, 1.165) is 19.1 Å². The van der Waals surface area contributed by atoms with Crippen molar-refractivity contribution >= 4 is 0 Å². The van der Waals surface area contributed by atoms with Gasteiger partial charge >= 0.3 is 0 Å². The lowest BCUT2D eigenvalue weighted by Gasteiger charge is -2.26. The van der Waals surface area contributed by atoms with Crippen LogP contribution in [0.4, 0.5) is 0 Å². The molecule has 94 valence electrons. The summed E-state index contributed by atoms with van der Waals surface area (Å²) in [4.78, 5) is 0. The summed E-state index contributed by atoms with van der Waals surface area (Å²) in [5.74, 6) is 1.49. The average molecular weight is 225 g/mol. The summed E-state index contributed by atoms with van der Waals surface area (Å²) >= 11 is 0. The molecule has 16 heavy (non-hydrogen) atoms. The average Bonchev–Trinajstić information content (AvgIpc) is 2.25. The van der Waals surface area contributed by atoms with Crippen molar-refractivity contribution < 1.29 is 4.74 Å². The number of ether oxygens (including phenoxy) is 1. The van der Waals surface area contributed by atoms with Gasteiger partial charge in [0.25, 0.3) is 0 Å². The molecule has 0 radical (unpaired) electrons. The third-order valence-electron chi connectivity index (χ3n) is 3.33. The SMILES string of the molecule is CC(C)NCC(C)OCC1CC=CCC1C. The van der Waals surface area contributed by atoms with Crippen LogP contribution in [0.15, 0.2) is 12.2 Å². The summed E-state index contributed by atoms with van der Waals surface area (Å²) in [6, 6.07) is 0.544. The zero-order chi connectivity index (χ0) is 12.0. The lowest BCUT2D eigenvalue weighted by Crippen LogP contribution is -2.33. The number of nitrogens with one attached hydrogen (secondary N) is 1. The predicted molar refractivity (Wildman–Crippen MR) is 69.6 cm³/mol. The Kier molecular flexibility index (Phi) is 6.07. The molecular formula is C14H27NO. The van der Waals surface area contributed by atoms with E-state index in [4.69, 9.17) is 4.74 Å². The topological polar surface area (TPSA) is 21.3 Å². The first-order valence-electron chi connectivity index (χ1n) is 6.59. The number of hydrogen-bond donors (Lipinski definition) is 1. The highest BCUT2D eigenvalue weighted by molar-refractivity contribution is 4.93. The highest BCUT2D eigenvalue weighted by Gasteiger charge is 2.19. The van der Waals surface area contributed by atoms with Crippen molar-refractivity contribution in [3.8, 4) is 0 Å². The Bertz CT molecular complexity index is 213. The van der Waals surface area contributed by atoms with Crippen molar-refractivity contribution in [3.05, 3.63) is 12.2 Å². The Labute approximate surface area is 100 Å². The summed E-state index contributed by atoms with van der Waals surface area (Å²) in [6.45, 7) is 10.7. The van der Waals surface area contributed by atoms with E-state index < -0.39 is 0 Å². The summed E-state index contributed by atoms with van der Waals surface area (Å²) in [5.41, 5.74) is 0. The highest BCUT2D eigenvalue weighted by Crippen LogP contribution is 2.25. The molecular weight excluding hydrogens is 198 g/mol. The standard InChI is InChI=1S/C14H27NO/c1-11(2)15-9-13(4)16-10-14-8-6-5-7-12(14)3/h5-6,11-15H,7-10H2,1-4H3. The largest absolute Gasteiger partial charge is 0.377 e. The Morgan fingerprint density at radius 3 is 2.56 bits per heavy atom. The first kappa shape index (κ1) is 13.7. The van der Waals surface area contributed by atoms with Crippen LogP contribution >= 0.6 is 0 Å². The van der Waals surface area contributed by atoms with E-state index in [1.807, 2.05) is 0 Å². The van der Waals surface area contributed by atoms with Gasteiger partial charge in [-0.1, -0.05) is 32.9 Å². The maximum atomic E-state index is 5.91. The third-order valence-corrected chi connectivity index (χ3v) is 3.33. The van der Waals surface area contributed by atoms with Crippen molar-refractivity contribution in [1.29, 1.82) is 0 Å². The first-order chi connectivity index (χ1) is 7.59. The Morgan fingerprint density at radius 1 is 1.25 bits per heavy atom. The van der Waals surface area contributed by atoms with Crippen molar-refractivity contribution in [2.24, 2.45) is 11.8 Å². The molecule has 2 nitrogen and oxygen atoms in total. The van der Waals surface area contributed by atoms with E-state index in [1.54, 1.807) is 0 Å². The fraction of sp³-hybridized carbons (Fsp3) is 0.857. The van der Waals surface area contributed by atoms with E-state index in [2.05, 4.69) is 45.2 Å². The molecule has 0 aromatic rings. The van der Waals surface area contributed by atoms with Crippen LogP contribution in [0.1, 0.15) is 40.5 Å². The van der Waals surface area contributed by atoms with Crippen LogP contribution in [0.5, 0.6) is 0 Å². The summed E-state index contributed by atoms with van der Waals surface area (Å²) in [6.07, 6.45) is 7.31. The van der Waals surface area contributed by atoms with Gasteiger partial charge in [-0.15, -0.1) is 0 Å². The lowest BCUT2D eigenvalue weighted by molar-refractivity contribution is 0.0261. The monoisotopic (exact) mass is 225 g/mol. The second-order valence-electron chi connectivity index (χ2n) is 5.39. The Morgan fingerprint density at radius 2 is 1.94 bits per heavy atom. The minimum atomic E-state index is 0.320. The molecule has 2 heteroatoms. The number of allylic oxidation sites excluding steroid dienone is 2. The molecule has 3 atom stereocenters. The van der Waals surface area contributed by atoms with Crippen LogP contribution < -0.4 is 5.32 Å². The molecule has 1 aliphatic rings. The van der Waals surface area contributed by atoms with Gasteiger partial charge in [-0.3, -0.25) is 0 Å². The molecule has 0 saturated heterocycles. The lowest BCUT2D eigenvalue weighted by atomic mass is 9.85. The fourth-order valence-corrected chi connectivity index (χ4v) is 1.99. The van der Waals surface area contributed by atoms with Crippen molar-refractivity contribution in [2.75, 3.05) is 13.2 Å². The van der Waals surface area contributed by atoms with Gasteiger partial charge in [-0.05, 0) is 31.6 Å². The smallest absolute Gasteiger partial charge is 0.0671 e. The molecule has 0 spiro atoms. The van der Waals surface area contributed by atoms with Gasteiger partial charge in [0.1, 0.15) is 0 Å². The highest BCUT2D eigenvalue weighted by atomic mass is 16.5. The van der Waals surface area contributed by atoms with Crippen LogP contribution in [0, 0.1) is 11.8 Å². The zero-order valence-corrected chi connectivity index (χ0v) is 11.2. The van der Waals surface area contributed by atoms with Gasteiger partial charge in [0.05, 0.1) is 12.7 Å². The maximum absolute atomic E-state index is 5.91. The first-order valence-corrected chi connectivity index (χ1v) is 6.59. The molecule has 0 aromatic carbocycles. The minimum absolute atomic E-state index is 0.320. The third kappa shape index (κ3) is 5.13. The molecule has 1 aliphatic carbocycles.